The highest BCUT2D eigenvalue weighted by molar-refractivity contribution is 5.55. The first kappa shape index (κ1) is 22.0. The van der Waals surface area contributed by atoms with Crippen LogP contribution in [-0.4, -0.2) is 9.97 Å². The van der Waals surface area contributed by atoms with Crippen LogP contribution < -0.4 is 0 Å². The average molecular weight is 393 g/mol. The van der Waals surface area contributed by atoms with Gasteiger partial charge >= 0.3 is 0 Å². The van der Waals surface area contributed by atoms with E-state index in [0.717, 1.165) is 29.6 Å². The van der Waals surface area contributed by atoms with Gasteiger partial charge in [0.25, 0.3) is 0 Å². The molecule has 158 valence electrons. The lowest BCUT2D eigenvalue weighted by Gasteiger charge is -2.28. The van der Waals surface area contributed by atoms with E-state index < -0.39 is 0 Å². The van der Waals surface area contributed by atoms with Crippen molar-refractivity contribution in [3.63, 3.8) is 0 Å². The standard InChI is InChI=1S/C27H40N2/c1-3-5-6-7-8-9-23-10-12-24(13-11-23)14-15-25-16-18-26(19-17-25)27-28-20-22(4-2)21-29-27/h16-21,23-24H,3-15H2,1-2H3/t23-,24-. The number of hydrogen-bond acceptors (Lipinski definition) is 2. The summed E-state index contributed by atoms with van der Waals surface area (Å²) in [5, 5.41) is 0. The highest BCUT2D eigenvalue weighted by atomic mass is 14.9. The highest BCUT2D eigenvalue weighted by Crippen LogP contribution is 2.34. The highest BCUT2D eigenvalue weighted by Gasteiger charge is 2.20. The van der Waals surface area contributed by atoms with Gasteiger partial charge in [-0.25, -0.2) is 9.97 Å². The van der Waals surface area contributed by atoms with E-state index in [4.69, 9.17) is 0 Å². The van der Waals surface area contributed by atoms with Gasteiger partial charge in [-0.1, -0.05) is 102 Å². The van der Waals surface area contributed by atoms with Crippen molar-refractivity contribution < 1.29 is 0 Å². The number of aromatic nitrogens is 2. The van der Waals surface area contributed by atoms with Gasteiger partial charge in [0.15, 0.2) is 5.82 Å². The molecule has 3 rings (SSSR count). The van der Waals surface area contributed by atoms with E-state index in [1.54, 1.807) is 0 Å². The molecular formula is C27H40N2. The molecule has 2 nitrogen and oxygen atoms in total. The molecule has 1 aliphatic carbocycles. The summed E-state index contributed by atoms with van der Waals surface area (Å²) >= 11 is 0. The summed E-state index contributed by atoms with van der Waals surface area (Å²) in [7, 11) is 0. The zero-order chi connectivity index (χ0) is 20.3. The average Bonchev–Trinajstić information content (AvgIpc) is 2.79. The van der Waals surface area contributed by atoms with Crippen molar-refractivity contribution in [2.75, 3.05) is 0 Å². The van der Waals surface area contributed by atoms with Crippen LogP contribution in [0.3, 0.4) is 0 Å². The maximum absolute atomic E-state index is 4.50. The lowest BCUT2D eigenvalue weighted by molar-refractivity contribution is 0.248. The van der Waals surface area contributed by atoms with E-state index in [2.05, 4.69) is 48.1 Å². The van der Waals surface area contributed by atoms with Crippen LogP contribution in [0.2, 0.25) is 0 Å². The van der Waals surface area contributed by atoms with Crippen LogP contribution in [0.25, 0.3) is 11.4 Å². The minimum Gasteiger partial charge on any atom is -0.236 e. The number of hydrogen-bond donors (Lipinski definition) is 0. The molecule has 0 amide bonds. The minimum atomic E-state index is 0.835. The second-order valence-electron chi connectivity index (χ2n) is 9.09. The topological polar surface area (TPSA) is 25.8 Å². The maximum atomic E-state index is 4.50. The second kappa shape index (κ2) is 12.1. The Balaban J connectivity index is 1.36. The van der Waals surface area contributed by atoms with Crippen molar-refractivity contribution in [3.8, 4) is 11.4 Å². The molecule has 0 aliphatic heterocycles. The molecule has 2 aromatic rings. The van der Waals surface area contributed by atoms with Gasteiger partial charge in [0.1, 0.15) is 0 Å². The Labute approximate surface area is 178 Å². The zero-order valence-electron chi connectivity index (χ0n) is 18.7. The smallest absolute Gasteiger partial charge is 0.159 e. The summed E-state index contributed by atoms with van der Waals surface area (Å²) in [5.41, 5.74) is 3.77. The van der Waals surface area contributed by atoms with Gasteiger partial charge in [0, 0.05) is 18.0 Å². The van der Waals surface area contributed by atoms with Crippen LogP contribution in [0, 0.1) is 11.8 Å². The number of rotatable bonds is 11. The number of nitrogens with zero attached hydrogens (tertiary/aromatic N) is 2. The predicted molar refractivity (Wildman–Crippen MR) is 124 cm³/mol. The molecule has 29 heavy (non-hydrogen) atoms. The molecule has 1 aromatic carbocycles. The van der Waals surface area contributed by atoms with Gasteiger partial charge < -0.3 is 0 Å². The van der Waals surface area contributed by atoms with Crippen LogP contribution >= 0.6 is 0 Å². The van der Waals surface area contributed by atoms with Gasteiger partial charge in [0.05, 0.1) is 0 Å². The van der Waals surface area contributed by atoms with Gasteiger partial charge in [-0.2, -0.15) is 0 Å². The van der Waals surface area contributed by atoms with Gasteiger partial charge in [0.2, 0.25) is 0 Å². The SMILES string of the molecule is CCCCCCC[C@H]1CC[C@H](CCc2ccc(-c3ncc(CC)cn3)cc2)CC1. The molecule has 0 radical (unpaired) electrons. The summed E-state index contributed by atoms with van der Waals surface area (Å²) < 4.78 is 0. The first-order valence-corrected chi connectivity index (χ1v) is 12.2. The van der Waals surface area contributed by atoms with Crippen molar-refractivity contribution in [1.82, 2.24) is 9.97 Å². The molecule has 2 heteroatoms. The third-order valence-electron chi connectivity index (χ3n) is 6.85. The van der Waals surface area contributed by atoms with E-state index in [-0.39, 0.29) is 0 Å². The van der Waals surface area contributed by atoms with E-state index in [0.29, 0.717) is 0 Å². The Morgan fingerprint density at radius 2 is 1.34 bits per heavy atom. The molecule has 0 unspecified atom stereocenters. The Bertz CT molecular complexity index is 681. The quantitative estimate of drug-likeness (QED) is 0.364. The molecule has 1 heterocycles. The first-order chi connectivity index (χ1) is 14.3. The molecule has 0 bridgehead atoms. The fourth-order valence-corrected chi connectivity index (χ4v) is 4.72. The Hall–Kier alpha value is -1.70. The van der Waals surface area contributed by atoms with Crippen molar-refractivity contribution in [2.45, 2.75) is 97.3 Å². The Kier molecular flexibility index (Phi) is 9.18. The molecular weight excluding hydrogens is 352 g/mol. The van der Waals surface area contributed by atoms with Crippen LogP contribution in [-0.2, 0) is 12.8 Å². The lowest BCUT2D eigenvalue weighted by Crippen LogP contribution is -2.15. The summed E-state index contributed by atoms with van der Waals surface area (Å²) in [6.45, 7) is 4.43. The molecule has 0 saturated heterocycles. The summed E-state index contributed by atoms with van der Waals surface area (Å²) in [6.07, 6.45) is 21.9. The molecule has 1 aliphatic rings. The fraction of sp³-hybridized carbons (Fsp3) is 0.630. The molecule has 1 aromatic heterocycles. The lowest BCUT2D eigenvalue weighted by atomic mass is 9.77. The van der Waals surface area contributed by atoms with E-state index in [9.17, 15) is 0 Å². The fourth-order valence-electron chi connectivity index (χ4n) is 4.72. The van der Waals surface area contributed by atoms with Gasteiger partial charge in [-0.3, -0.25) is 0 Å². The van der Waals surface area contributed by atoms with E-state index in [1.165, 1.54) is 88.2 Å². The summed E-state index contributed by atoms with van der Waals surface area (Å²) in [5.74, 6) is 2.80. The predicted octanol–water partition coefficient (Wildman–Crippen LogP) is 7.81. The van der Waals surface area contributed by atoms with Gasteiger partial charge in [-0.15, -0.1) is 0 Å². The van der Waals surface area contributed by atoms with Crippen molar-refractivity contribution in [2.24, 2.45) is 11.8 Å². The molecule has 0 N–H and O–H groups in total. The first-order valence-electron chi connectivity index (χ1n) is 12.2. The largest absolute Gasteiger partial charge is 0.236 e. The van der Waals surface area contributed by atoms with Crippen LogP contribution in [0.1, 0.15) is 95.6 Å². The van der Waals surface area contributed by atoms with Crippen molar-refractivity contribution >= 4 is 0 Å². The Morgan fingerprint density at radius 1 is 0.724 bits per heavy atom. The van der Waals surface area contributed by atoms with Crippen LogP contribution in [0.15, 0.2) is 36.7 Å². The van der Waals surface area contributed by atoms with E-state index in [1.807, 2.05) is 12.4 Å². The second-order valence-corrected chi connectivity index (χ2v) is 9.09. The van der Waals surface area contributed by atoms with E-state index >= 15 is 0 Å². The third-order valence-corrected chi connectivity index (χ3v) is 6.85. The Morgan fingerprint density at radius 3 is 1.97 bits per heavy atom. The number of unbranched alkanes of at least 4 members (excludes halogenated alkanes) is 4. The maximum Gasteiger partial charge on any atom is 0.159 e. The zero-order valence-corrected chi connectivity index (χ0v) is 18.7. The van der Waals surface area contributed by atoms with Crippen molar-refractivity contribution in [1.29, 1.82) is 0 Å². The van der Waals surface area contributed by atoms with Crippen LogP contribution in [0.5, 0.6) is 0 Å². The molecule has 1 fully saturated rings. The monoisotopic (exact) mass is 392 g/mol. The van der Waals surface area contributed by atoms with Crippen LogP contribution in [0.4, 0.5) is 0 Å². The molecule has 0 spiro atoms. The van der Waals surface area contributed by atoms with Crippen molar-refractivity contribution in [3.05, 3.63) is 47.8 Å². The molecule has 1 saturated carbocycles. The minimum absolute atomic E-state index is 0.835. The normalized spacial score (nSPS) is 19.4. The number of benzene rings is 1. The number of aryl methyl sites for hydroxylation is 2. The third kappa shape index (κ3) is 7.24. The molecule has 0 atom stereocenters. The summed E-state index contributed by atoms with van der Waals surface area (Å²) in [4.78, 5) is 9.00. The summed E-state index contributed by atoms with van der Waals surface area (Å²) in [6, 6.07) is 8.92. The van der Waals surface area contributed by atoms with Gasteiger partial charge in [-0.05, 0) is 42.2 Å².